The molecule has 0 amide bonds. The van der Waals surface area contributed by atoms with Crippen molar-refractivity contribution in [2.75, 3.05) is 0 Å². The van der Waals surface area contributed by atoms with Gasteiger partial charge in [0.1, 0.15) is 0 Å². The minimum atomic E-state index is -1.20. The fraction of sp³-hybridized carbons (Fsp3) is 0.200. The van der Waals surface area contributed by atoms with Gasteiger partial charge in [0.2, 0.25) is 0 Å². The van der Waals surface area contributed by atoms with Crippen LogP contribution in [0, 0.1) is 11.6 Å². The first-order valence-corrected chi connectivity index (χ1v) is 6.19. The highest BCUT2D eigenvalue weighted by molar-refractivity contribution is 6.30. The van der Waals surface area contributed by atoms with Crippen molar-refractivity contribution < 1.29 is 13.9 Å². The van der Waals surface area contributed by atoms with E-state index in [-0.39, 0.29) is 6.42 Å². The lowest BCUT2D eigenvalue weighted by Gasteiger charge is -2.24. The Morgan fingerprint density at radius 2 is 1.84 bits per heavy atom. The molecule has 1 unspecified atom stereocenters. The molecular formula is C15H13ClF2O. The van der Waals surface area contributed by atoms with Gasteiger partial charge < -0.3 is 5.11 Å². The third-order valence-corrected chi connectivity index (χ3v) is 3.21. The van der Waals surface area contributed by atoms with Crippen LogP contribution in [0.25, 0.3) is 0 Å². The highest BCUT2D eigenvalue weighted by Crippen LogP contribution is 2.27. The molecule has 1 nitrogen and oxygen atoms in total. The molecule has 0 saturated carbocycles. The molecule has 0 aromatic heterocycles. The maximum absolute atomic E-state index is 13.1. The SMILES string of the molecule is CC(O)(Cc1ccc(F)c(F)c1)c1cccc(Cl)c1. The van der Waals surface area contributed by atoms with Crippen molar-refractivity contribution in [1.29, 1.82) is 0 Å². The zero-order chi connectivity index (χ0) is 14.0. The Bertz CT molecular complexity index is 596. The summed E-state index contributed by atoms with van der Waals surface area (Å²) in [6.07, 6.45) is 0.171. The third-order valence-electron chi connectivity index (χ3n) is 2.98. The van der Waals surface area contributed by atoms with Crippen LogP contribution in [-0.2, 0) is 12.0 Å². The van der Waals surface area contributed by atoms with E-state index in [1.165, 1.54) is 6.07 Å². The summed E-state index contributed by atoms with van der Waals surface area (Å²) in [5.41, 5.74) is -0.0524. The van der Waals surface area contributed by atoms with Gasteiger partial charge in [0.05, 0.1) is 5.60 Å². The van der Waals surface area contributed by atoms with Gasteiger partial charge >= 0.3 is 0 Å². The van der Waals surface area contributed by atoms with Crippen LogP contribution in [0.5, 0.6) is 0 Å². The van der Waals surface area contributed by atoms with Gasteiger partial charge in [-0.3, -0.25) is 0 Å². The monoisotopic (exact) mass is 282 g/mol. The van der Waals surface area contributed by atoms with Gasteiger partial charge in [0.15, 0.2) is 11.6 Å². The van der Waals surface area contributed by atoms with Gasteiger partial charge in [-0.1, -0.05) is 29.8 Å². The average molecular weight is 283 g/mol. The Morgan fingerprint density at radius 1 is 1.11 bits per heavy atom. The largest absolute Gasteiger partial charge is 0.385 e. The van der Waals surface area contributed by atoms with E-state index in [9.17, 15) is 13.9 Å². The summed E-state index contributed by atoms with van der Waals surface area (Å²) in [5.74, 6) is -1.81. The molecule has 2 rings (SSSR count). The van der Waals surface area contributed by atoms with E-state index in [1.54, 1.807) is 31.2 Å². The minimum absolute atomic E-state index is 0.171. The Morgan fingerprint density at radius 3 is 2.47 bits per heavy atom. The van der Waals surface area contributed by atoms with E-state index in [2.05, 4.69) is 0 Å². The topological polar surface area (TPSA) is 20.2 Å². The fourth-order valence-electron chi connectivity index (χ4n) is 1.97. The molecule has 1 atom stereocenters. The lowest BCUT2D eigenvalue weighted by Crippen LogP contribution is -2.24. The summed E-state index contributed by atoms with van der Waals surface area (Å²) in [7, 11) is 0. The fourth-order valence-corrected chi connectivity index (χ4v) is 2.16. The summed E-state index contributed by atoms with van der Waals surface area (Å²) in [5, 5.41) is 11.0. The summed E-state index contributed by atoms with van der Waals surface area (Å²) >= 11 is 5.88. The first kappa shape index (κ1) is 14.0. The second kappa shape index (κ2) is 5.27. The van der Waals surface area contributed by atoms with E-state index in [4.69, 9.17) is 11.6 Å². The van der Waals surface area contributed by atoms with E-state index in [0.29, 0.717) is 16.1 Å². The van der Waals surface area contributed by atoms with Crippen molar-refractivity contribution in [1.82, 2.24) is 0 Å². The first-order chi connectivity index (χ1) is 8.88. The molecule has 0 radical (unpaired) electrons. The van der Waals surface area contributed by atoms with Gasteiger partial charge in [0.25, 0.3) is 0 Å². The van der Waals surface area contributed by atoms with Crippen molar-refractivity contribution in [3.05, 3.63) is 70.2 Å². The van der Waals surface area contributed by atoms with Gasteiger partial charge in [-0.15, -0.1) is 0 Å². The molecule has 1 N–H and O–H groups in total. The molecule has 100 valence electrons. The molecule has 0 saturated heterocycles. The van der Waals surface area contributed by atoms with Crippen LogP contribution in [0.3, 0.4) is 0 Å². The Kier molecular flexibility index (Phi) is 3.88. The number of hydrogen-bond acceptors (Lipinski definition) is 1. The van der Waals surface area contributed by atoms with Crippen LogP contribution < -0.4 is 0 Å². The minimum Gasteiger partial charge on any atom is -0.385 e. The Balaban J connectivity index is 2.27. The quantitative estimate of drug-likeness (QED) is 0.900. The van der Waals surface area contributed by atoms with Crippen LogP contribution in [-0.4, -0.2) is 5.11 Å². The molecule has 0 aliphatic heterocycles. The normalized spacial score (nSPS) is 14.2. The summed E-state index contributed by atoms with van der Waals surface area (Å²) < 4.78 is 26.0. The molecule has 19 heavy (non-hydrogen) atoms. The number of benzene rings is 2. The highest BCUT2D eigenvalue weighted by atomic mass is 35.5. The van der Waals surface area contributed by atoms with E-state index >= 15 is 0 Å². The number of halogens is 3. The van der Waals surface area contributed by atoms with Crippen LogP contribution >= 0.6 is 11.6 Å². The molecule has 2 aromatic rings. The van der Waals surface area contributed by atoms with Crippen LogP contribution in [0.15, 0.2) is 42.5 Å². The van der Waals surface area contributed by atoms with Gasteiger partial charge in [-0.2, -0.15) is 0 Å². The van der Waals surface area contributed by atoms with Crippen LogP contribution in [0.4, 0.5) is 8.78 Å². The summed E-state index contributed by atoms with van der Waals surface area (Å²) in [6.45, 7) is 1.61. The maximum atomic E-state index is 13.1. The standard InChI is InChI=1S/C15H13ClF2O/c1-15(19,11-3-2-4-12(16)8-11)9-10-5-6-13(17)14(18)7-10/h2-8,19H,9H2,1H3. The predicted molar refractivity (Wildman–Crippen MR) is 71.1 cm³/mol. The van der Waals surface area contributed by atoms with Crippen LogP contribution in [0.2, 0.25) is 5.02 Å². The average Bonchev–Trinajstić information content (AvgIpc) is 2.33. The number of aliphatic hydroxyl groups is 1. The van der Waals surface area contributed by atoms with Gasteiger partial charge in [-0.05, 0) is 42.3 Å². The van der Waals surface area contributed by atoms with Crippen molar-refractivity contribution in [2.24, 2.45) is 0 Å². The molecule has 0 aliphatic carbocycles. The zero-order valence-corrected chi connectivity index (χ0v) is 11.1. The lowest BCUT2D eigenvalue weighted by molar-refractivity contribution is 0.0575. The second-order valence-corrected chi connectivity index (χ2v) is 5.15. The molecule has 0 bridgehead atoms. The molecule has 0 spiro atoms. The Hall–Kier alpha value is -1.45. The maximum Gasteiger partial charge on any atom is 0.159 e. The first-order valence-electron chi connectivity index (χ1n) is 5.81. The van der Waals surface area contributed by atoms with Gasteiger partial charge in [-0.25, -0.2) is 8.78 Å². The van der Waals surface area contributed by atoms with Crippen LogP contribution in [0.1, 0.15) is 18.1 Å². The van der Waals surface area contributed by atoms with Crippen molar-refractivity contribution in [3.8, 4) is 0 Å². The molecular weight excluding hydrogens is 270 g/mol. The Labute approximate surface area is 115 Å². The molecule has 0 heterocycles. The molecule has 2 aromatic carbocycles. The van der Waals surface area contributed by atoms with Crippen molar-refractivity contribution in [3.63, 3.8) is 0 Å². The smallest absolute Gasteiger partial charge is 0.159 e. The molecule has 4 heteroatoms. The van der Waals surface area contributed by atoms with Crippen molar-refractivity contribution in [2.45, 2.75) is 18.9 Å². The second-order valence-electron chi connectivity index (χ2n) is 4.71. The predicted octanol–water partition coefficient (Wildman–Crippen LogP) is 4.07. The molecule has 0 fully saturated rings. The van der Waals surface area contributed by atoms with E-state index < -0.39 is 17.2 Å². The molecule has 0 aliphatic rings. The van der Waals surface area contributed by atoms with E-state index in [1.807, 2.05) is 0 Å². The summed E-state index contributed by atoms with van der Waals surface area (Å²) in [4.78, 5) is 0. The van der Waals surface area contributed by atoms with E-state index in [0.717, 1.165) is 12.1 Å². The third kappa shape index (κ3) is 3.31. The summed E-state index contributed by atoms with van der Waals surface area (Å²) in [6, 6.07) is 10.4. The van der Waals surface area contributed by atoms with Crippen molar-refractivity contribution >= 4 is 11.6 Å². The number of hydrogen-bond donors (Lipinski definition) is 1. The zero-order valence-electron chi connectivity index (χ0n) is 10.3. The highest BCUT2D eigenvalue weighted by Gasteiger charge is 2.24. The number of rotatable bonds is 3. The van der Waals surface area contributed by atoms with Gasteiger partial charge in [0, 0.05) is 11.4 Å². The lowest BCUT2D eigenvalue weighted by atomic mass is 9.89.